The minimum Gasteiger partial charge on any atom is -0.482 e. The number of carbonyl (C=O) groups excluding carboxylic acids is 1. The molecular weight excluding hydrogens is 335 g/mol. The molecule has 0 saturated heterocycles. The molecule has 3 heterocycles. The number of benzene rings is 1. The highest BCUT2D eigenvalue weighted by Crippen LogP contribution is 2.44. The Morgan fingerprint density at radius 3 is 2.85 bits per heavy atom. The summed E-state index contributed by atoms with van der Waals surface area (Å²) in [6, 6.07) is 7.86. The molecule has 2 aliphatic heterocycles. The molecule has 132 valence electrons. The maximum Gasteiger partial charge on any atom is 0.260 e. The number of aromatic nitrogens is 1. The number of hydrogen-bond acceptors (Lipinski definition) is 5. The van der Waals surface area contributed by atoms with Gasteiger partial charge in [0, 0.05) is 17.3 Å². The predicted molar refractivity (Wildman–Crippen MR) is 97.1 cm³/mol. The van der Waals surface area contributed by atoms with Crippen LogP contribution >= 0.6 is 0 Å². The quantitative estimate of drug-likeness (QED) is 0.439. The fourth-order valence-electron chi connectivity index (χ4n) is 3.29. The summed E-state index contributed by atoms with van der Waals surface area (Å²) >= 11 is 0. The molecule has 26 heavy (non-hydrogen) atoms. The lowest BCUT2D eigenvalue weighted by Gasteiger charge is -2.23. The molecule has 0 unspecified atom stereocenters. The lowest BCUT2D eigenvalue weighted by atomic mass is 9.93. The third kappa shape index (κ3) is 2.53. The van der Waals surface area contributed by atoms with E-state index >= 15 is 0 Å². The zero-order valence-electron chi connectivity index (χ0n) is 14.3. The largest absolute Gasteiger partial charge is 0.482 e. The summed E-state index contributed by atoms with van der Waals surface area (Å²) < 4.78 is 19.5. The zero-order chi connectivity index (χ0) is 18.5. The molecular formula is C19H17FN4O2. The van der Waals surface area contributed by atoms with Crippen LogP contribution in [0.4, 0.5) is 15.9 Å². The normalized spacial score (nSPS) is 20.3. The molecule has 6 nitrogen and oxygen atoms in total. The van der Waals surface area contributed by atoms with Gasteiger partial charge >= 0.3 is 0 Å². The molecule has 1 aromatic carbocycles. The van der Waals surface area contributed by atoms with Crippen LogP contribution in [0.5, 0.6) is 0 Å². The molecule has 1 amide bonds. The first-order chi connectivity index (χ1) is 12.4. The lowest BCUT2D eigenvalue weighted by molar-refractivity contribution is -0.111. The molecule has 0 bridgehead atoms. The average Bonchev–Trinajstić information content (AvgIpc) is 3.09. The first kappa shape index (κ1) is 16.3. The van der Waals surface area contributed by atoms with Gasteiger partial charge in [-0.1, -0.05) is 0 Å². The molecule has 4 N–H and O–H groups in total. The van der Waals surface area contributed by atoms with Gasteiger partial charge in [-0.05, 0) is 55.8 Å². The van der Waals surface area contributed by atoms with Crippen LogP contribution in [0.1, 0.15) is 25.0 Å². The molecule has 1 aromatic heterocycles. The molecule has 0 spiro atoms. The number of ether oxygens (including phenoxy) is 1. The lowest BCUT2D eigenvalue weighted by Crippen LogP contribution is -2.21. The number of hydrogen-bond donors (Lipinski definition) is 3. The standard InChI is InChI=1S/C19H17FN4O2/c1-19(2)13(10-5-6-22-16(7-10)24-21)9-15(26-19)17-12-4-3-11(20)8-14(12)23-18(17)25/h3-9H,21H2,1-2H3,(H,22,24)(H,23,25)/b17-15+. The van der Waals surface area contributed by atoms with E-state index in [4.69, 9.17) is 10.6 Å². The second-order valence-electron chi connectivity index (χ2n) is 6.63. The van der Waals surface area contributed by atoms with Gasteiger partial charge in [-0.25, -0.2) is 15.2 Å². The molecule has 0 atom stereocenters. The van der Waals surface area contributed by atoms with Crippen LogP contribution in [0.3, 0.4) is 0 Å². The van der Waals surface area contributed by atoms with Gasteiger partial charge in [0.05, 0.1) is 11.3 Å². The number of carbonyl (C=O) groups is 1. The number of halogens is 1. The number of fused-ring (bicyclic) bond motifs is 1. The summed E-state index contributed by atoms with van der Waals surface area (Å²) in [7, 11) is 0. The molecule has 0 saturated carbocycles. The van der Waals surface area contributed by atoms with Crippen molar-refractivity contribution in [2.45, 2.75) is 19.4 Å². The van der Waals surface area contributed by atoms with Gasteiger partial charge in [-0.3, -0.25) is 4.79 Å². The Morgan fingerprint density at radius 1 is 1.27 bits per heavy atom. The first-order valence-corrected chi connectivity index (χ1v) is 8.09. The van der Waals surface area contributed by atoms with Crippen LogP contribution in [-0.2, 0) is 9.53 Å². The monoisotopic (exact) mass is 352 g/mol. The zero-order valence-corrected chi connectivity index (χ0v) is 14.3. The summed E-state index contributed by atoms with van der Waals surface area (Å²) in [5.41, 5.74) is 5.10. The van der Waals surface area contributed by atoms with Crippen LogP contribution < -0.4 is 16.6 Å². The topological polar surface area (TPSA) is 89.3 Å². The van der Waals surface area contributed by atoms with Gasteiger partial charge in [0.25, 0.3) is 5.91 Å². The molecule has 4 rings (SSSR count). The van der Waals surface area contributed by atoms with Crippen molar-refractivity contribution in [3.05, 3.63) is 65.3 Å². The number of pyridine rings is 1. The van der Waals surface area contributed by atoms with Crippen molar-refractivity contribution in [2.24, 2.45) is 5.84 Å². The summed E-state index contributed by atoms with van der Waals surface area (Å²) in [5.74, 6) is 5.70. The van der Waals surface area contributed by atoms with Crippen LogP contribution in [0, 0.1) is 5.82 Å². The van der Waals surface area contributed by atoms with E-state index in [0.717, 1.165) is 11.1 Å². The smallest absolute Gasteiger partial charge is 0.260 e. The molecule has 2 aromatic rings. The van der Waals surface area contributed by atoms with Crippen LogP contribution in [0.2, 0.25) is 0 Å². The Labute approximate surface area is 149 Å². The average molecular weight is 352 g/mol. The maximum atomic E-state index is 13.4. The minimum absolute atomic E-state index is 0.312. The van der Waals surface area contributed by atoms with Crippen LogP contribution in [0.15, 0.2) is 48.4 Å². The molecule has 2 aliphatic rings. The van der Waals surface area contributed by atoms with Crippen LogP contribution in [0.25, 0.3) is 11.1 Å². The van der Waals surface area contributed by atoms with Gasteiger partial charge in [0.15, 0.2) is 0 Å². The van der Waals surface area contributed by atoms with Crippen molar-refractivity contribution in [3.63, 3.8) is 0 Å². The molecule has 0 aliphatic carbocycles. The van der Waals surface area contributed by atoms with E-state index in [1.165, 1.54) is 12.1 Å². The summed E-state index contributed by atoms with van der Waals surface area (Å²) in [6.07, 6.45) is 3.48. The highest BCUT2D eigenvalue weighted by atomic mass is 19.1. The van der Waals surface area contributed by atoms with Gasteiger partial charge in [0.1, 0.15) is 23.0 Å². The van der Waals surface area contributed by atoms with E-state index in [1.807, 2.05) is 32.1 Å². The van der Waals surface area contributed by atoms with E-state index in [0.29, 0.717) is 28.4 Å². The van der Waals surface area contributed by atoms with E-state index in [-0.39, 0.29) is 5.91 Å². The summed E-state index contributed by atoms with van der Waals surface area (Å²) in [4.78, 5) is 16.6. The Morgan fingerprint density at radius 2 is 2.08 bits per heavy atom. The van der Waals surface area contributed by atoms with Crippen molar-refractivity contribution in [1.82, 2.24) is 4.98 Å². The van der Waals surface area contributed by atoms with Gasteiger partial charge in [-0.2, -0.15) is 0 Å². The SMILES string of the molecule is CC1(C)O/C(=C2/C(=O)Nc3cc(F)ccc32)C=C1c1ccnc(NN)c1. The van der Waals surface area contributed by atoms with Crippen molar-refractivity contribution in [1.29, 1.82) is 0 Å². The summed E-state index contributed by atoms with van der Waals surface area (Å²) in [6.45, 7) is 3.83. The predicted octanol–water partition coefficient (Wildman–Crippen LogP) is 3.06. The van der Waals surface area contributed by atoms with Crippen molar-refractivity contribution in [3.8, 4) is 0 Å². The van der Waals surface area contributed by atoms with Crippen molar-refractivity contribution < 1.29 is 13.9 Å². The minimum atomic E-state index is -0.654. The van der Waals surface area contributed by atoms with E-state index in [2.05, 4.69) is 15.7 Å². The molecule has 0 fully saturated rings. The number of hydrazine groups is 1. The number of nitrogens with one attached hydrogen (secondary N) is 2. The molecule has 7 heteroatoms. The summed E-state index contributed by atoms with van der Waals surface area (Å²) in [5, 5.41) is 2.68. The Bertz CT molecular complexity index is 995. The number of nitrogens with zero attached hydrogens (tertiary/aromatic N) is 1. The Hall–Kier alpha value is -3.19. The highest BCUT2D eigenvalue weighted by molar-refractivity contribution is 6.32. The van der Waals surface area contributed by atoms with Gasteiger partial charge in [0.2, 0.25) is 0 Å². The van der Waals surface area contributed by atoms with Crippen molar-refractivity contribution >= 4 is 28.6 Å². The third-order valence-electron chi connectivity index (χ3n) is 4.48. The number of nitrogen functional groups attached to an aromatic ring is 1. The fourth-order valence-corrected chi connectivity index (χ4v) is 3.29. The Balaban J connectivity index is 1.86. The highest BCUT2D eigenvalue weighted by Gasteiger charge is 2.38. The van der Waals surface area contributed by atoms with Gasteiger partial charge in [-0.15, -0.1) is 0 Å². The van der Waals surface area contributed by atoms with E-state index < -0.39 is 11.4 Å². The number of anilines is 2. The number of nitrogens with two attached hydrogens (primary N) is 1. The first-order valence-electron chi connectivity index (χ1n) is 8.09. The van der Waals surface area contributed by atoms with Crippen LogP contribution in [-0.4, -0.2) is 16.5 Å². The van der Waals surface area contributed by atoms with E-state index in [1.54, 1.807) is 12.3 Å². The number of allylic oxidation sites excluding steroid dienone is 1. The van der Waals surface area contributed by atoms with Crippen molar-refractivity contribution in [2.75, 3.05) is 10.7 Å². The third-order valence-corrected chi connectivity index (χ3v) is 4.48. The van der Waals surface area contributed by atoms with E-state index in [9.17, 15) is 9.18 Å². The number of rotatable bonds is 2. The van der Waals surface area contributed by atoms with Gasteiger partial charge < -0.3 is 15.5 Å². The number of amides is 1. The molecule has 0 radical (unpaired) electrons. The second-order valence-corrected chi connectivity index (χ2v) is 6.63. The Kier molecular flexibility index (Phi) is 3.55. The second kappa shape index (κ2) is 5.67. The maximum absolute atomic E-state index is 13.4. The fraction of sp³-hybridized carbons (Fsp3) is 0.158.